The van der Waals surface area contributed by atoms with Crippen molar-refractivity contribution in [3.05, 3.63) is 42.0 Å². The average Bonchev–Trinajstić information content (AvgIpc) is 2.26. The number of rotatable bonds is 3. The van der Waals surface area contributed by atoms with Crippen molar-refractivity contribution < 1.29 is 22.7 Å². The average molecular weight is 244 g/mol. The molecule has 1 rings (SSSR count). The van der Waals surface area contributed by atoms with Crippen LogP contribution in [0.5, 0.6) is 0 Å². The van der Waals surface area contributed by atoms with Gasteiger partial charge >= 0.3 is 12.1 Å². The molecule has 0 aliphatic rings. The fourth-order valence-corrected chi connectivity index (χ4v) is 1.30. The molecule has 1 aromatic carbocycles. The third-order valence-electron chi connectivity index (χ3n) is 2.13. The molecule has 0 fully saturated rings. The number of allylic oxidation sites excluding steroid dienone is 1. The van der Waals surface area contributed by atoms with Gasteiger partial charge in [0.25, 0.3) is 0 Å². The molecule has 0 saturated carbocycles. The van der Waals surface area contributed by atoms with Crippen LogP contribution in [0.1, 0.15) is 22.3 Å². The van der Waals surface area contributed by atoms with Gasteiger partial charge in [0.2, 0.25) is 0 Å². The minimum Gasteiger partial charge on any atom is -0.465 e. The number of esters is 1. The molecule has 0 bridgehead atoms. The van der Waals surface area contributed by atoms with Gasteiger partial charge in [0.05, 0.1) is 19.1 Å². The van der Waals surface area contributed by atoms with Gasteiger partial charge in [-0.25, -0.2) is 4.79 Å². The van der Waals surface area contributed by atoms with E-state index in [1.165, 1.54) is 31.4 Å². The summed E-state index contributed by atoms with van der Waals surface area (Å²) >= 11 is 0. The first-order valence-corrected chi connectivity index (χ1v) is 4.77. The predicted molar refractivity (Wildman–Crippen MR) is 57.5 cm³/mol. The summed E-state index contributed by atoms with van der Waals surface area (Å²) < 4.78 is 40.8. The molecule has 0 unspecified atom stereocenters. The third-order valence-corrected chi connectivity index (χ3v) is 2.13. The Kier molecular flexibility index (Phi) is 3.93. The first kappa shape index (κ1) is 13.3. The van der Waals surface area contributed by atoms with E-state index in [0.29, 0.717) is 5.56 Å². The number of carbonyl (C=O) groups is 1. The van der Waals surface area contributed by atoms with Crippen molar-refractivity contribution in [1.29, 1.82) is 0 Å². The molecular weight excluding hydrogens is 233 g/mol. The van der Waals surface area contributed by atoms with E-state index in [1.807, 2.05) is 0 Å². The Balaban J connectivity index is 2.81. The van der Waals surface area contributed by atoms with E-state index in [4.69, 9.17) is 0 Å². The fraction of sp³-hybridized carbons (Fsp3) is 0.250. The highest BCUT2D eigenvalue weighted by Crippen LogP contribution is 2.29. The zero-order valence-corrected chi connectivity index (χ0v) is 9.17. The van der Waals surface area contributed by atoms with E-state index < -0.39 is 18.6 Å². The smallest absolute Gasteiger partial charge is 0.393 e. The van der Waals surface area contributed by atoms with Crippen molar-refractivity contribution >= 4 is 11.5 Å². The van der Waals surface area contributed by atoms with Crippen LogP contribution in [0.4, 0.5) is 13.2 Å². The van der Waals surface area contributed by atoms with Crippen LogP contribution in [0.15, 0.2) is 30.8 Å². The predicted octanol–water partition coefficient (Wildman–Crippen LogP) is 3.44. The van der Waals surface area contributed by atoms with Gasteiger partial charge in [-0.15, -0.1) is 0 Å². The molecule has 5 heteroatoms. The summed E-state index contributed by atoms with van der Waals surface area (Å²) in [7, 11) is 1.23. The molecule has 92 valence electrons. The fourth-order valence-electron chi connectivity index (χ4n) is 1.30. The second-order valence-electron chi connectivity index (χ2n) is 3.46. The zero-order chi connectivity index (χ0) is 13.1. The molecule has 17 heavy (non-hydrogen) atoms. The number of hydrogen-bond acceptors (Lipinski definition) is 2. The van der Waals surface area contributed by atoms with Gasteiger partial charge in [-0.3, -0.25) is 0 Å². The lowest BCUT2D eigenvalue weighted by Gasteiger charge is -2.09. The van der Waals surface area contributed by atoms with Crippen LogP contribution in [0, 0.1) is 0 Å². The lowest BCUT2D eigenvalue weighted by molar-refractivity contribution is -0.122. The lowest BCUT2D eigenvalue weighted by atomic mass is 10.0. The minimum absolute atomic E-state index is 0.0334. The SMILES string of the molecule is C=C(CC(F)(F)F)c1ccc(C(=O)OC)cc1. The van der Waals surface area contributed by atoms with Crippen molar-refractivity contribution in [3.8, 4) is 0 Å². The van der Waals surface area contributed by atoms with E-state index in [1.54, 1.807) is 0 Å². The van der Waals surface area contributed by atoms with Crippen LogP contribution in [0.3, 0.4) is 0 Å². The van der Waals surface area contributed by atoms with Gasteiger partial charge < -0.3 is 4.74 Å². The maximum Gasteiger partial charge on any atom is 0.393 e. The normalized spacial score (nSPS) is 11.1. The summed E-state index contributed by atoms with van der Waals surface area (Å²) in [5, 5.41) is 0. The molecule has 0 amide bonds. The minimum atomic E-state index is -4.28. The number of carbonyl (C=O) groups excluding carboxylic acids is 1. The number of benzene rings is 1. The highest BCUT2D eigenvalue weighted by molar-refractivity contribution is 5.89. The van der Waals surface area contributed by atoms with Crippen LogP contribution in [-0.2, 0) is 4.74 Å². The molecule has 2 nitrogen and oxygen atoms in total. The highest BCUT2D eigenvalue weighted by Gasteiger charge is 2.28. The van der Waals surface area contributed by atoms with E-state index in [9.17, 15) is 18.0 Å². The molecule has 0 radical (unpaired) electrons. The summed E-state index contributed by atoms with van der Waals surface area (Å²) in [6.07, 6.45) is -5.34. The second kappa shape index (κ2) is 5.03. The highest BCUT2D eigenvalue weighted by atomic mass is 19.4. The Morgan fingerprint density at radius 3 is 2.12 bits per heavy atom. The second-order valence-corrected chi connectivity index (χ2v) is 3.46. The van der Waals surface area contributed by atoms with Crippen molar-refractivity contribution in [3.63, 3.8) is 0 Å². The van der Waals surface area contributed by atoms with Crippen molar-refractivity contribution in [1.82, 2.24) is 0 Å². The van der Waals surface area contributed by atoms with Gasteiger partial charge in [0.1, 0.15) is 0 Å². The summed E-state index contributed by atoms with van der Waals surface area (Å²) in [5.41, 5.74) is 0.611. The first-order chi connectivity index (χ1) is 7.83. The third kappa shape index (κ3) is 3.94. The van der Waals surface area contributed by atoms with E-state index in [-0.39, 0.29) is 11.1 Å². The van der Waals surface area contributed by atoms with Crippen LogP contribution in [0.25, 0.3) is 5.57 Å². The Morgan fingerprint density at radius 2 is 1.71 bits per heavy atom. The summed E-state index contributed by atoms with van der Waals surface area (Å²) in [5.74, 6) is -0.530. The Labute approximate surface area is 96.7 Å². The molecule has 1 aromatic rings. The van der Waals surface area contributed by atoms with Crippen molar-refractivity contribution in [2.45, 2.75) is 12.6 Å². The molecule has 0 saturated heterocycles. The van der Waals surface area contributed by atoms with Crippen molar-refractivity contribution in [2.75, 3.05) is 7.11 Å². The summed E-state index contributed by atoms with van der Waals surface area (Å²) in [6.45, 7) is 3.37. The van der Waals surface area contributed by atoms with Crippen LogP contribution in [0.2, 0.25) is 0 Å². The number of ether oxygens (including phenoxy) is 1. The monoisotopic (exact) mass is 244 g/mol. The maximum absolute atomic E-state index is 12.1. The molecular formula is C12H11F3O2. The van der Waals surface area contributed by atoms with Crippen molar-refractivity contribution in [2.24, 2.45) is 0 Å². The largest absolute Gasteiger partial charge is 0.465 e. The van der Waals surface area contributed by atoms with Gasteiger partial charge in [0.15, 0.2) is 0 Å². The topological polar surface area (TPSA) is 26.3 Å². The standard InChI is InChI=1S/C12H11F3O2/c1-8(7-12(13,14)15)9-3-5-10(6-4-9)11(16)17-2/h3-6H,1,7H2,2H3. The van der Waals surface area contributed by atoms with Crippen LogP contribution in [-0.4, -0.2) is 19.3 Å². The molecule has 0 aliphatic heterocycles. The van der Waals surface area contributed by atoms with Crippen LogP contribution < -0.4 is 0 Å². The van der Waals surface area contributed by atoms with E-state index in [2.05, 4.69) is 11.3 Å². The zero-order valence-electron chi connectivity index (χ0n) is 9.17. The molecule has 0 spiro atoms. The summed E-state index contributed by atoms with van der Waals surface area (Å²) in [4.78, 5) is 11.1. The lowest BCUT2D eigenvalue weighted by Crippen LogP contribution is -2.07. The summed E-state index contributed by atoms with van der Waals surface area (Å²) in [6, 6.07) is 5.64. The molecule has 0 heterocycles. The quantitative estimate of drug-likeness (QED) is 0.761. The van der Waals surface area contributed by atoms with Gasteiger partial charge in [-0.1, -0.05) is 18.7 Å². The molecule has 0 N–H and O–H groups in total. The van der Waals surface area contributed by atoms with E-state index >= 15 is 0 Å². The maximum atomic E-state index is 12.1. The molecule has 0 aromatic heterocycles. The van der Waals surface area contributed by atoms with Gasteiger partial charge in [-0.2, -0.15) is 13.2 Å². The van der Waals surface area contributed by atoms with Gasteiger partial charge in [-0.05, 0) is 23.3 Å². The molecule has 0 atom stereocenters. The number of methoxy groups -OCH3 is 1. The Morgan fingerprint density at radius 1 is 1.24 bits per heavy atom. The Hall–Kier alpha value is -1.78. The number of halogens is 3. The van der Waals surface area contributed by atoms with Crippen LogP contribution >= 0.6 is 0 Å². The molecule has 0 aliphatic carbocycles. The van der Waals surface area contributed by atoms with Gasteiger partial charge in [0, 0.05) is 0 Å². The Bertz CT molecular complexity index is 418. The van der Waals surface area contributed by atoms with E-state index in [0.717, 1.165) is 0 Å². The first-order valence-electron chi connectivity index (χ1n) is 4.77. The number of hydrogen-bond donors (Lipinski definition) is 0. The number of alkyl halides is 3.